The molecule has 1 aliphatic rings. The highest BCUT2D eigenvalue weighted by Crippen LogP contribution is 2.53. The Kier molecular flexibility index (Phi) is 9.94. The highest BCUT2D eigenvalue weighted by atomic mass is 16.3. The van der Waals surface area contributed by atoms with E-state index in [4.69, 9.17) is 0 Å². The third kappa shape index (κ3) is 7.00. The van der Waals surface area contributed by atoms with Crippen molar-refractivity contribution in [1.82, 2.24) is 0 Å². The third-order valence-electron chi connectivity index (χ3n) is 9.00. The summed E-state index contributed by atoms with van der Waals surface area (Å²) in [7, 11) is 0. The van der Waals surface area contributed by atoms with E-state index in [-0.39, 0.29) is 69.4 Å². The summed E-state index contributed by atoms with van der Waals surface area (Å²) >= 11 is 0. The lowest BCUT2D eigenvalue weighted by Crippen LogP contribution is -2.32. The minimum Gasteiger partial charge on any atom is -0.508 e. The van der Waals surface area contributed by atoms with Gasteiger partial charge in [0.1, 0.15) is 46.0 Å². The number of carbonyl (C=O) groups is 2. The van der Waals surface area contributed by atoms with E-state index in [1.54, 1.807) is 19.1 Å². The predicted molar refractivity (Wildman–Crippen MR) is 187 cm³/mol. The number of aromatic hydroxyl groups is 8. The molecule has 0 spiro atoms. The van der Waals surface area contributed by atoms with Crippen LogP contribution in [0.3, 0.4) is 0 Å². The van der Waals surface area contributed by atoms with Gasteiger partial charge in [-0.05, 0) is 93.8 Å². The molecule has 0 aliphatic heterocycles. The standard InChI is InChI=1S/C40H38O10/c1-20(2)4-9-26-32(44)14-12-28(38(26)48)40(50)36-29(25-10-8-24(42)19-35(25)47)16-21(3)17-30(36)37-33(45)15-11-27(39(37)49)31(43)13-6-22-5-7-23(41)18-34(22)46/h4-8,10-15,17-19,29-30,36,41-42,44-49H,9,16H2,1-3H3/b13-6+/t29-,30-,36-/m1/s1. The largest absolute Gasteiger partial charge is 0.508 e. The molecule has 0 bridgehead atoms. The van der Waals surface area contributed by atoms with Gasteiger partial charge in [-0.15, -0.1) is 0 Å². The molecular formula is C40H38O10. The van der Waals surface area contributed by atoms with Gasteiger partial charge in [0.25, 0.3) is 0 Å². The fourth-order valence-corrected chi connectivity index (χ4v) is 6.52. The molecule has 4 aromatic carbocycles. The van der Waals surface area contributed by atoms with Gasteiger partial charge in [-0.25, -0.2) is 0 Å². The lowest BCUT2D eigenvalue weighted by atomic mass is 9.65. The summed E-state index contributed by atoms with van der Waals surface area (Å²) in [6.45, 7) is 5.48. The van der Waals surface area contributed by atoms with Crippen molar-refractivity contribution in [3.05, 3.63) is 123 Å². The van der Waals surface area contributed by atoms with E-state index in [0.717, 1.165) is 29.4 Å². The van der Waals surface area contributed by atoms with Crippen molar-refractivity contribution in [3.63, 3.8) is 0 Å². The highest BCUT2D eigenvalue weighted by Gasteiger charge is 2.43. The molecule has 10 nitrogen and oxygen atoms in total. The van der Waals surface area contributed by atoms with Crippen LogP contribution in [0.5, 0.6) is 46.0 Å². The summed E-state index contributed by atoms with van der Waals surface area (Å²) in [4.78, 5) is 28.1. The van der Waals surface area contributed by atoms with Crippen molar-refractivity contribution in [1.29, 1.82) is 0 Å². The van der Waals surface area contributed by atoms with Gasteiger partial charge >= 0.3 is 0 Å². The van der Waals surface area contributed by atoms with Crippen molar-refractivity contribution >= 4 is 17.6 Å². The lowest BCUT2D eigenvalue weighted by molar-refractivity contribution is 0.0876. The number of rotatable bonds is 9. The van der Waals surface area contributed by atoms with E-state index in [9.17, 15) is 50.4 Å². The second kappa shape index (κ2) is 14.1. The maximum absolute atomic E-state index is 14.7. The van der Waals surface area contributed by atoms with Crippen LogP contribution >= 0.6 is 0 Å². The van der Waals surface area contributed by atoms with Crippen molar-refractivity contribution in [2.45, 2.75) is 45.4 Å². The second-order valence-corrected chi connectivity index (χ2v) is 12.8. The van der Waals surface area contributed by atoms with Crippen molar-refractivity contribution in [3.8, 4) is 46.0 Å². The summed E-state index contributed by atoms with van der Waals surface area (Å²) in [6.07, 6.45) is 6.25. The number of phenols is 8. The zero-order chi connectivity index (χ0) is 36.4. The number of ketones is 2. The first kappa shape index (κ1) is 35.2. The number of allylic oxidation sites excluding steroid dienone is 5. The van der Waals surface area contributed by atoms with Gasteiger partial charge in [-0.3, -0.25) is 9.59 Å². The number of phenolic OH excluding ortho intramolecular Hbond substituents is 8. The minimum atomic E-state index is -1.19. The van der Waals surface area contributed by atoms with E-state index < -0.39 is 46.6 Å². The molecule has 0 fully saturated rings. The molecule has 8 N–H and O–H groups in total. The van der Waals surface area contributed by atoms with Crippen LogP contribution in [0, 0.1) is 5.92 Å². The lowest BCUT2D eigenvalue weighted by Gasteiger charge is -2.37. The van der Waals surface area contributed by atoms with E-state index in [1.165, 1.54) is 54.6 Å². The Morgan fingerprint density at radius 1 is 0.740 bits per heavy atom. The molecule has 50 heavy (non-hydrogen) atoms. The molecule has 3 atom stereocenters. The van der Waals surface area contributed by atoms with Crippen molar-refractivity contribution in [2.24, 2.45) is 5.92 Å². The maximum Gasteiger partial charge on any atom is 0.189 e. The van der Waals surface area contributed by atoms with Gasteiger partial charge in [0.2, 0.25) is 0 Å². The Bertz CT molecular complexity index is 2080. The normalized spacial score (nSPS) is 17.3. The van der Waals surface area contributed by atoms with Crippen LogP contribution < -0.4 is 0 Å². The van der Waals surface area contributed by atoms with Crippen LogP contribution in [0.2, 0.25) is 0 Å². The van der Waals surface area contributed by atoms with Gasteiger partial charge in [0.15, 0.2) is 11.6 Å². The van der Waals surface area contributed by atoms with Gasteiger partial charge in [-0.2, -0.15) is 0 Å². The molecule has 0 radical (unpaired) electrons. The number of Topliss-reactive ketones (excluding diaryl/α,β-unsaturated/α-hetero) is 1. The summed E-state index contributed by atoms with van der Waals surface area (Å²) in [6, 6.07) is 12.8. The van der Waals surface area contributed by atoms with Crippen molar-refractivity contribution < 1.29 is 50.4 Å². The topological polar surface area (TPSA) is 196 Å². The minimum absolute atomic E-state index is 0.130. The molecule has 0 saturated heterocycles. The van der Waals surface area contributed by atoms with Crippen LogP contribution in [0.1, 0.15) is 82.0 Å². The zero-order valence-electron chi connectivity index (χ0n) is 27.6. The van der Waals surface area contributed by atoms with Gasteiger partial charge in [0.05, 0.1) is 11.1 Å². The summed E-state index contributed by atoms with van der Waals surface area (Å²) < 4.78 is 0. The first-order chi connectivity index (χ1) is 23.7. The van der Waals surface area contributed by atoms with Crippen LogP contribution in [0.4, 0.5) is 0 Å². The molecule has 258 valence electrons. The van der Waals surface area contributed by atoms with Crippen LogP contribution in [0.15, 0.2) is 90.0 Å². The smallest absolute Gasteiger partial charge is 0.189 e. The molecule has 0 saturated carbocycles. The molecular weight excluding hydrogens is 640 g/mol. The number of carbonyl (C=O) groups excluding carboxylic acids is 2. The Morgan fingerprint density at radius 3 is 2.04 bits per heavy atom. The highest BCUT2D eigenvalue weighted by molar-refractivity contribution is 6.09. The summed E-state index contributed by atoms with van der Waals surface area (Å²) in [5.41, 5.74) is 1.82. The molecule has 10 heteroatoms. The second-order valence-electron chi connectivity index (χ2n) is 12.8. The summed E-state index contributed by atoms with van der Waals surface area (Å²) in [5, 5.41) is 85.5. The Balaban J connectivity index is 1.67. The van der Waals surface area contributed by atoms with E-state index in [2.05, 4.69) is 0 Å². The third-order valence-corrected chi connectivity index (χ3v) is 9.00. The van der Waals surface area contributed by atoms with E-state index >= 15 is 0 Å². The van der Waals surface area contributed by atoms with Crippen molar-refractivity contribution in [2.75, 3.05) is 0 Å². The van der Waals surface area contributed by atoms with E-state index in [1.807, 2.05) is 13.8 Å². The molecule has 0 heterocycles. The number of hydrogen-bond acceptors (Lipinski definition) is 10. The quantitative estimate of drug-likeness (QED) is 0.0500. The van der Waals surface area contributed by atoms with Crippen LogP contribution in [-0.2, 0) is 6.42 Å². The fourth-order valence-electron chi connectivity index (χ4n) is 6.52. The molecule has 0 amide bonds. The number of hydrogen-bond donors (Lipinski definition) is 8. The zero-order valence-corrected chi connectivity index (χ0v) is 27.6. The van der Waals surface area contributed by atoms with Gasteiger partial charge in [-0.1, -0.05) is 29.4 Å². The maximum atomic E-state index is 14.7. The Morgan fingerprint density at radius 2 is 1.38 bits per heavy atom. The monoisotopic (exact) mass is 678 g/mol. The molecule has 5 rings (SSSR count). The first-order valence-electron chi connectivity index (χ1n) is 15.9. The molecule has 0 unspecified atom stereocenters. The molecule has 4 aromatic rings. The van der Waals surface area contributed by atoms with Crippen LogP contribution in [0.25, 0.3) is 6.08 Å². The predicted octanol–water partition coefficient (Wildman–Crippen LogP) is 7.45. The average molecular weight is 679 g/mol. The van der Waals surface area contributed by atoms with Gasteiger partial charge < -0.3 is 40.9 Å². The number of benzene rings is 4. The fraction of sp³-hybridized carbons (Fsp3) is 0.200. The Labute approximate surface area is 288 Å². The molecule has 0 aromatic heterocycles. The van der Waals surface area contributed by atoms with E-state index in [0.29, 0.717) is 5.56 Å². The summed E-state index contributed by atoms with van der Waals surface area (Å²) in [5.74, 6) is -7.01. The average Bonchev–Trinajstić information content (AvgIpc) is 3.03. The first-order valence-corrected chi connectivity index (χ1v) is 15.9. The Hall–Kier alpha value is -6.16. The van der Waals surface area contributed by atoms with Crippen LogP contribution in [-0.4, -0.2) is 52.4 Å². The SMILES string of the molecule is CC(C)=CCc1c(O)ccc(C(=O)[C@@H]2[C@@H](c3ccc(O)cc3O)CC(C)=C[C@H]2c2c(O)ccc(C(=O)/C=C/c3ccc(O)cc3O)c2O)c1O. The van der Waals surface area contributed by atoms with Gasteiger partial charge in [0, 0.05) is 46.6 Å². The molecule has 1 aliphatic carbocycles.